The van der Waals surface area contributed by atoms with Crippen LogP contribution in [0.3, 0.4) is 0 Å². The SMILES string of the molecule is CC(N)CCC(C)c1ccc2c(c1)CCCC2. The molecule has 0 aromatic heterocycles. The van der Waals surface area contributed by atoms with Crippen LogP contribution in [0.1, 0.15) is 62.1 Å². The molecule has 0 amide bonds. The van der Waals surface area contributed by atoms with Gasteiger partial charge in [-0.05, 0) is 68.1 Å². The van der Waals surface area contributed by atoms with E-state index in [4.69, 9.17) is 5.73 Å². The van der Waals surface area contributed by atoms with E-state index in [1.54, 1.807) is 11.1 Å². The van der Waals surface area contributed by atoms with Crippen LogP contribution in [-0.4, -0.2) is 6.04 Å². The summed E-state index contributed by atoms with van der Waals surface area (Å²) in [5.74, 6) is 0.647. The van der Waals surface area contributed by atoms with Gasteiger partial charge in [0.05, 0.1) is 0 Å². The molecule has 0 spiro atoms. The second kappa shape index (κ2) is 5.68. The normalized spacial score (nSPS) is 18.5. The van der Waals surface area contributed by atoms with E-state index < -0.39 is 0 Å². The average molecular weight is 231 g/mol. The van der Waals surface area contributed by atoms with E-state index in [2.05, 4.69) is 32.0 Å². The minimum absolute atomic E-state index is 0.329. The second-order valence-corrected chi connectivity index (χ2v) is 5.69. The summed E-state index contributed by atoms with van der Waals surface area (Å²) in [5.41, 5.74) is 10.5. The third-order valence-corrected chi connectivity index (χ3v) is 4.00. The molecular weight excluding hydrogens is 206 g/mol. The number of benzene rings is 1. The van der Waals surface area contributed by atoms with Crippen LogP contribution in [0.4, 0.5) is 0 Å². The molecule has 0 saturated heterocycles. The van der Waals surface area contributed by atoms with E-state index >= 15 is 0 Å². The first-order chi connectivity index (χ1) is 8.16. The number of aryl methyl sites for hydroxylation is 2. The number of fused-ring (bicyclic) bond motifs is 1. The summed E-state index contributed by atoms with van der Waals surface area (Å²) in [7, 11) is 0. The molecule has 1 nitrogen and oxygen atoms in total. The standard InChI is InChI=1S/C16H25N/c1-12(7-8-13(2)17)15-10-9-14-5-3-4-6-16(14)11-15/h9-13H,3-8,17H2,1-2H3. The van der Waals surface area contributed by atoms with E-state index in [-0.39, 0.29) is 0 Å². The summed E-state index contributed by atoms with van der Waals surface area (Å²) in [5, 5.41) is 0. The molecule has 2 unspecified atom stereocenters. The highest BCUT2D eigenvalue weighted by Gasteiger charge is 2.12. The molecule has 0 heterocycles. The Bertz CT molecular complexity index is 368. The van der Waals surface area contributed by atoms with Crippen LogP contribution in [0.25, 0.3) is 0 Å². The van der Waals surface area contributed by atoms with Crippen LogP contribution in [0.2, 0.25) is 0 Å². The van der Waals surface area contributed by atoms with Crippen LogP contribution in [-0.2, 0) is 12.8 Å². The summed E-state index contributed by atoms with van der Waals surface area (Å²) in [6.07, 6.45) is 7.62. The van der Waals surface area contributed by atoms with Crippen LogP contribution in [0.15, 0.2) is 18.2 Å². The fourth-order valence-electron chi connectivity index (χ4n) is 2.74. The third-order valence-electron chi connectivity index (χ3n) is 4.00. The summed E-state index contributed by atoms with van der Waals surface area (Å²) in [4.78, 5) is 0. The number of nitrogens with two attached hydrogens (primary N) is 1. The van der Waals surface area contributed by atoms with Crippen molar-refractivity contribution >= 4 is 0 Å². The number of hydrogen-bond acceptors (Lipinski definition) is 1. The van der Waals surface area contributed by atoms with Crippen LogP contribution in [0.5, 0.6) is 0 Å². The summed E-state index contributed by atoms with van der Waals surface area (Å²) >= 11 is 0. The molecule has 0 bridgehead atoms. The molecule has 2 rings (SSSR count). The van der Waals surface area contributed by atoms with E-state index in [1.165, 1.54) is 37.7 Å². The lowest BCUT2D eigenvalue weighted by atomic mass is 9.86. The molecule has 0 saturated carbocycles. The molecular formula is C16H25N. The Morgan fingerprint density at radius 2 is 1.76 bits per heavy atom. The predicted molar refractivity (Wildman–Crippen MR) is 74.4 cm³/mol. The molecule has 1 heteroatoms. The fraction of sp³-hybridized carbons (Fsp3) is 0.625. The van der Waals surface area contributed by atoms with Gasteiger partial charge in [0.15, 0.2) is 0 Å². The van der Waals surface area contributed by atoms with Gasteiger partial charge in [-0.15, -0.1) is 0 Å². The van der Waals surface area contributed by atoms with Crippen molar-refractivity contribution in [3.8, 4) is 0 Å². The minimum Gasteiger partial charge on any atom is -0.328 e. The van der Waals surface area contributed by atoms with Crippen molar-refractivity contribution in [1.29, 1.82) is 0 Å². The van der Waals surface area contributed by atoms with Crippen molar-refractivity contribution in [2.45, 2.75) is 64.3 Å². The van der Waals surface area contributed by atoms with Gasteiger partial charge in [-0.25, -0.2) is 0 Å². The van der Waals surface area contributed by atoms with Gasteiger partial charge in [-0.3, -0.25) is 0 Å². The van der Waals surface area contributed by atoms with Crippen molar-refractivity contribution in [3.05, 3.63) is 34.9 Å². The molecule has 1 aliphatic rings. The molecule has 1 aromatic rings. The summed E-state index contributed by atoms with van der Waals surface area (Å²) < 4.78 is 0. The lowest BCUT2D eigenvalue weighted by molar-refractivity contribution is 0.567. The zero-order valence-corrected chi connectivity index (χ0v) is 11.2. The van der Waals surface area contributed by atoms with Gasteiger partial charge in [0.1, 0.15) is 0 Å². The maximum Gasteiger partial charge on any atom is 0.00106 e. The monoisotopic (exact) mass is 231 g/mol. The largest absolute Gasteiger partial charge is 0.328 e. The Morgan fingerprint density at radius 3 is 2.47 bits per heavy atom. The van der Waals surface area contributed by atoms with Gasteiger partial charge >= 0.3 is 0 Å². The molecule has 2 N–H and O–H groups in total. The quantitative estimate of drug-likeness (QED) is 0.838. The first-order valence-corrected chi connectivity index (χ1v) is 7.04. The van der Waals surface area contributed by atoms with Crippen molar-refractivity contribution in [2.75, 3.05) is 0 Å². The Balaban J connectivity index is 2.05. The molecule has 0 aliphatic heterocycles. The van der Waals surface area contributed by atoms with Gasteiger partial charge in [-0.1, -0.05) is 25.1 Å². The van der Waals surface area contributed by atoms with Crippen LogP contribution < -0.4 is 5.73 Å². The average Bonchev–Trinajstić information content (AvgIpc) is 2.35. The minimum atomic E-state index is 0.329. The van der Waals surface area contributed by atoms with Gasteiger partial charge in [0.2, 0.25) is 0 Å². The van der Waals surface area contributed by atoms with Gasteiger partial charge in [0, 0.05) is 6.04 Å². The topological polar surface area (TPSA) is 26.0 Å². The molecule has 0 radical (unpaired) electrons. The van der Waals surface area contributed by atoms with Crippen LogP contribution in [0, 0.1) is 0 Å². The molecule has 0 fully saturated rings. The zero-order valence-electron chi connectivity index (χ0n) is 11.2. The van der Waals surface area contributed by atoms with Gasteiger partial charge < -0.3 is 5.73 Å². The van der Waals surface area contributed by atoms with E-state index in [1.807, 2.05) is 0 Å². The summed E-state index contributed by atoms with van der Waals surface area (Å²) in [6, 6.07) is 7.46. The fourth-order valence-corrected chi connectivity index (χ4v) is 2.74. The molecule has 2 atom stereocenters. The Hall–Kier alpha value is -0.820. The van der Waals surface area contributed by atoms with E-state index in [0.717, 1.165) is 6.42 Å². The summed E-state index contributed by atoms with van der Waals surface area (Å²) in [6.45, 7) is 4.42. The molecule has 94 valence electrons. The van der Waals surface area contributed by atoms with Crippen molar-refractivity contribution < 1.29 is 0 Å². The molecule has 17 heavy (non-hydrogen) atoms. The highest BCUT2D eigenvalue weighted by Crippen LogP contribution is 2.27. The highest BCUT2D eigenvalue weighted by atomic mass is 14.6. The van der Waals surface area contributed by atoms with Gasteiger partial charge in [-0.2, -0.15) is 0 Å². The first-order valence-electron chi connectivity index (χ1n) is 7.04. The Kier molecular flexibility index (Phi) is 4.22. The van der Waals surface area contributed by atoms with Gasteiger partial charge in [0.25, 0.3) is 0 Å². The Labute approximate surface area is 105 Å². The lowest BCUT2D eigenvalue weighted by Gasteiger charge is -2.19. The smallest absolute Gasteiger partial charge is 0.00106 e. The van der Waals surface area contributed by atoms with E-state index in [0.29, 0.717) is 12.0 Å². The van der Waals surface area contributed by atoms with E-state index in [9.17, 15) is 0 Å². The Morgan fingerprint density at radius 1 is 1.06 bits per heavy atom. The predicted octanol–water partition coefficient (Wildman–Crippen LogP) is 3.80. The molecule has 1 aromatic carbocycles. The number of rotatable bonds is 4. The number of hydrogen-bond donors (Lipinski definition) is 1. The highest BCUT2D eigenvalue weighted by molar-refractivity contribution is 5.35. The first kappa shape index (κ1) is 12.6. The van der Waals surface area contributed by atoms with Crippen molar-refractivity contribution in [3.63, 3.8) is 0 Å². The zero-order chi connectivity index (χ0) is 12.3. The molecule has 1 aliphatic carbocycles. The second-order valence-electron chi connectivity index (χ2n) is 5.69. The lowest BCUT2D eigenvalue weighted by Crippen LogP contribution is -2.15. The third kappa shape index (κ3) is 3.32. The maximum atomic E-state index is 5.83. The van der Waals surface area contributed by atoms with Crippen molar-refractivity contribution in [1.82, 2.24) is 0 Å². The van der Waals surface area contributed by atoms with Crippen LogP contribution >= 0.6 is 0 Å². The maximum absolute atomic E-state index is 5.83. The van der Waals surface area contributed by atoms with Crippen molar-refractivity contribution in [2.24, 2.45) is 5.73 Å².